The van der Waals surface area contributed by atoms with Crippen molar-refractivity contribution in [3.63, 3.8) is 0 Å². The maximum absolute atomic E-state index is 8.80. The van der Waals surface area contributed by atoms with E-state index in [2.05, 4.69) is 15.3 Å². The van der Waals surface area contributed by atoms with E-state index in [1.165, 1.54) is 12.6 Å². The number of hydrogen-bond acceptors (Lipinski definition) is 4. The molecule has 0 aliphatic heterocycles. The summed E-state index contributed by atoms with van der Waals surface area (Å²) in [4.78, 5) is 7.74. The first-order valence-electron chi connectivity index (χ1n) is 4.49. The van der Waals surface area contributed by atoms with E-state index >= 15 is 0 Å². The molecule has 2 rings (SSSR count). The van der Waals surface area contributed by atoms with Gasteiger partial charge in [0.25, 0.3) is 0 Å². The zero-order chi connectivity index (χ0) is 9.97. The monoisotopic (exact) mass is 208 g/mol. The molecule has 0 radical (unpaired) electrons. The highest BCUT2D eigenvalue weighted by Gasteiger charge is 2.19. The van der Waals surface area contributed by atoms with E-state index in [9.17, 15) is 0 Å². The largest absolute Gasteiger partial charge is 0.366 e. The first-order valence-corrected chi connectivity index (χ1v) is 4.86. The molecule has 1 aromatic rings. The number of nitrogens with one attached hydrogen (secondary N) is 1. The zero-order valence-corrected chi connectivity index (χ0v) is 8.25. The van der Waals surface area contributed by atoms with Crippen LogP contribution in [0.5, 0.6) is 0 Å². The number of nitriles is 1. The van der Waals surface area contributed by atoms with Gasteiger partial charge in [-0.15, -0.1) is 0 Å². The van der Waals surface area contributed by atoms with Crippen molar-refractivity contribution >= 4 is 17.4 Å². The summed E-state index contributed by atoms with van der Waals surface area (Å²) in [5, 5.41) is 12.2. The lowest BCUT2D eigenvalue weighted by Gasteiger charge is -2.27. The predicted molar refractivity (Wildman–Crippen MR) is 53.0 cm³/mol. The number of aromatic nitrogens is 2. The van der Waals surface area contributed by atoms with Crippen molar-refractivity contribution < 1.29 is 0 Å². The fourth-order valence-corrected chi connectivity index (χ4v) is 1.43. The van der Waals surface area contributed by atoms with Crippen LogP contribution < -0.4 is 5.32 Å². The van der Waals surface area contributed by atoms with Crippen LogP contribution in [0.2, 0.25) is 5.28 Å². The van der Waals surface area contributed by atoms with E-state index in [0.717, 1.165) is 12.8 Å². The van der Waals surface area contributed by atoms with Crippen LogP contribution in [0.4, 0.5) is 5.82 Å². The number of rotatable bonds is 2. The Balaban J connectivity index is 2.21. The topological polar surface area (TPSA) is 61.6 Å². The second-order valence-corrected chi connectivity index (χ2v) is 3.62. The van der Waals surface area contributed by atoms with Crippen molar-refractivity contribution in [1.82, 2.24) is 9.97 Å². The highest BCUT2D eigenvalue weighted by atomic mass is 35.5. The maximum Gasteiger partial charge on any atom is 0.224 e. The Bertz CT molecular complexity index is 381. The second-order valence-electron chi connectivity index (χ2n) is 3.29. The fourth-order valence-electron chi connectivity index (χ4n) is 1.30. The Morgan fingerprint density at radius 2 is 2.36 bits per heavy atom. The van der Waals surface area contributed by atoms with Gasteiger partial charge in [0.15, 0.2) is 0 Å². The van der Waals surface area contributed by atoms with Crippen LogP contribution in [0.25, 0.3) is 0 Å². The van der Waals surface area contributed by atoms with Gasteiger partial charge < -0.3 is 5.32 Å². The normalized spacial score (nSPS) is 15.7. The minimum Gasteiger partial charge on any atom is -0.366 e. The Hall–Kier alpha value is -1.34. The van der Waals surface area contributed by atoms with Gasteiger partial charge in [-0.05, 0) is 30.9 Å². The third-order valence-corrected chi connectivity index (χ3v) is 2.51. The molecule has 1 aliphatic carbocycles. The average Bonchev–Trinajstić information content (AvgIpc) is 2.12. The Morgan fingerprint density at radius 1 is 1.57 bits per heavy atom. The number of nitrogens with zero attached hydrogens (tertiary/aromatic N) is 3. The summed E-state index contributed by atoms with van der Waals surface area (Å²) >= 11 is 5.65. The highest BCUT2D eigenvalue weighted by molar-refractivity contribution is 6.28. The van der Waals surface area contributed by atoms with Crippen LogP contribution in [0, 0.1) is 11.3 Å². The Morgan fingerprint density at radius 3 is 2.93 bits per heavy atom. The van der Waals surface area contributed by atoms with E-state index in [1.807, 2.05) is 6.07 Å². The van der Waals surface area contributed by atoms with Gasteiger partial charge in [0.05, 0.1) is 6.20 Å². The van der Waals surface area contributed by atoms with E-state index < -0.39 is 0 Å². The lowest BCUT2D eigenvalue weighted by Crippen LogP contribution is -2.28. The molecule has 5 heteroatoms. The molecule has 0 amide bonds. The Labute approximate surface area is 86.9 Å². The van der Waals surface area contributed by atoms with Gasteiger partial charge in [-0.1, -0.05) is 0 Å². The van der Waals surface area contributed by atoms with Crippen molar-refractivity contribution in [2.45, 2.75) is 25.3 Å². The van der Waals surface area contributed by atoms with Gasteiger partial charge in [-0.2, -0.15) is 10.2 Å². The van der Waals surface area contributed by atoms with Crippen LogP contribution in [-0.4, -0.2) is 16.0 Å². The van der Waals surface area contributed by atoms with Gasteiger partial charge in [0.1, 0.15) is 17.5 Å². The summed E-state index contributed by atoms with van der Waals surface area (Å²) in [6, 6.07) is 2.47. The molecule has 1 N–H and O–H groups in total. The van der Waals surface area contributed by atoms with Gasteiger partial charge >= 0.3 is 0 Å². The zero-order valence-electron chi connectivity index (χ0n) is 7.50. The molecule has 72 valence electrons. The van der Waals surface area contributed by atoms with Gasteiger partial charge in [-0.25, -0.2) is 4.98 Å². The minimum atomic E-state index is 0.172. The van der Waals surface area contributed by atoms with Crippen LogP contribution in [-0.2, 0) is 0 Å². The predicted octanol–water partition coefficient (Wildman–Crippen LogP) is 1.97. The van der Waals surface area contributed by atoms with Crippen molar-refractivity contribution in [3.8, 4) is 6.07 Å². The molecule has 4 nitrogen and oxygen atoms in total. The molecular formula is C9H9ClN4. The highest BCUT2D eigenvalue weighted by Crippen LogP contribution is 2.24. The van der Waals surface area contributed by atoms with Gasteiger partial charge in [0.2, 0.25) is 5.28 Å². The number of hydrogen-bond donors (Lipinski definition) is 1. The van der Waals surface area contributed by atoms with Crippen molar-refractivity contribution in [3.05, 3.63) is 17.0 Å². The molecule has 0 unspecified atom stereocenters. The molecule has 0 saturated heterocycles. The maximum atomic E-state index is 8.80. The lowest BCUT2D eigenvalue weighted by molar-refractivity contribution is 0.444. The van der Waals surface area contributed by atoms with E-state index in [4.69, 9.17) is 16.9 Å². The smallest absolute Gasteiger partial charge is 0.224 e. The first kappa shape index (κ1) is 9.22. The van der Waals surface area contributed by atoms with Crippen molar-refractivity contribution in [2.24, 2.45) is 0 Å². The molecule has 0 aromatic carbocycles. The van der Waals surface area contributed by atoms with Crippen LogP contribution >= 0.6 is 11.6 Å². The Kier molecular flexibility index (Phi) is 2.51. The molecule has 1 saturated carbocycles. The van der Waals surface area contributed by atoms with Crippen LogP contribution in [0.15, 0.2) is 6.20 Å². The summed E-state index contributed by atoms with van der Waals surface area (Å²) in [5.41, 5.74) is 0.446. The molecule has 1 heterocycles. The molecular weight excluding hydrogens is 200 g/mol. The summed E-state index contributed by atoms with van der Waals surface area (Å²) in [7, 11) is 0. The van der Waals surface area contributed by atoms with E-state index in [1.54, 1.807) is 0 Å². The van der Waals surface area contributed by atoms with E-state index in [0.29, 0.717) is 17.4 Å². The van der Waals surface area contributed by atoms with Crippen molar-refractivity contribution in [1.29, 1.82) is 5.26 Å². The number of halogens is 1. The van der Waals surface area contributed by atoms with E-state index in [-0.39, 0.29) is 5.28 Å². The molecule has 1 aromatic heterocycles. The van der Waals surface area contributed by atoms with Crippen LogP contribution in [0.1, 0.15) is 24.8 Å². The van der Waals surface area contributed by atoms with Crippen molar-refractivity contribution in [2.75, 3.05) is 5.32 Å². The SMILES string of the molecule is N#Cc1cnc(Cl)nc1NC1CCC1. The van der Waals surface area contributed by atoms with Gasteiger partial charge in [-0.3, -0.25) is 0 Å². The minimum absolute atomic E-state index is 0.172. The molecule has 0 spiro atoms. The summed E-state index contributed by atoms with van der Waals surface area (Å²) < 4.78 is 0. The summed E-state index contributed by atoms with van der Waals surface area (Å²) in [6.45, 7) is 0. The quantitative estimate of drug-likeness (QED) is 0.755. The van der Waals surface area contributed by atoms with Gasteiger partial charge in [0, 0.05) is 6.04 Å². The van der Waals surface area contributed by atoms with Crippen LogP contribution in [0.3, 0.4) is 0 Å². The average molecular weight is 209 g/mol. The standard InChI is InChI=1S/C9H9ClN4/c10-9-12-5-6(4-11)8(14-9)13-7-2-1-3-7/h5,7H,1-3H2,(H,12,13,14). The third kappa shape index (κ3) is 1.78. The molecule has 1 aliphatic rings. The molecule has 1 fully saturated rings. The summed E-state index contributed by atoms with van der Waals surface area (Å²) in [6.07, 6.45) is 4.94. The first-order chi connectivity index (χ1) is 6.79. The molecule has 0 atom stereocenters. The summed E-state index contributed by atoms with van der Waals surface area (Å²) in [5.74, 6) is 0.553. The molecule has 14 heavy (non-hydrogen) atoms. The third-order valence-electron chi connectivity index (χ3n) is 2.33. The lowest BCUT2D eigenvalue weighted by atomic mass is 9.93. The second kappa shape index (κ2) is 3.81. The number of anilines is 1. The fraction of sp³-hybridized carbons (Fsp3) is 0.444. The molecule has 0 bridgehead atoms.